The van der Waals surface area contributed by atoms with Gasteiger partial charge in [0.05, 0.1) is 6.04 Å². The van der Waals surface area contributed by atoms with Crippen molar-refractivity contribution in [2.24, 2.45) is 0 Å². The number of likely N-dealkylation sites (tertiary alicyclic amines) is 1. The summed E-state index contributed by atoms with van der Waals surface area (Å²) in [4.78, 5) is 14.7. The van der Waals surface area contributed by atoms with Crippen LogP contribution in [0, 0.1) is 0 Å². The lowest BCUT2D eigenvalue weighted by Crippen LogP contribution is -2.58. The van der Waals surface area contributed by atoms with Gasteiger partial charge in [-0.3, -0.25) is 9.69 Å². The molecule has 0 radical (unpaired) electrons. The van der Waals surface area contributed by atoms with Crippen molar-refractivity contribution in [3.05, 3.63) is 0 Å². The zero-order valence-electron chi connectivity index (χ0n) is 13.4. The van der Waals surface area contributed by atoms with Crippen molar-refractivity contribution in [2.75, 3.05) is 13.6 Å². The van der Waals surface area contributed by atoms with Crippen molar-refractivity contribution < 1.29 is 4.79 Å². The summed E-state index contributed by atoms with van der Waals surface area (Å²) in [5.74, 6) is 0.141. The molecule has 0 aromatic rings. The van der Waals surface area contributed by atoms with Gasteiger partial charge >= 0.3 is 0 Å². The van der Waals surface area contributed by atoms with E-state index in [2.05, 4.69) is 22.5 Å². The van der Waals surface area contributed by atoms with Gasteiger partial charge in [-0.15, -0.1) is 0 Å². The first-order valence-corrected chi connectivity index (χ1v) is 7.51. The molecule has 3 atom stereocenters. The zero-order chi connectivity index (χ0) is 14.6. The van der Waals surface area contributed by atoms with Gasteiger partial charge in [0.2, 0.25) is 5.91 Å². The van der Waals surface area contributed by atoms with Crippen molar-refractivity contribution in [2.45, 2.75) is 77.5 Å². The van der Waals surface area contributed by atoms with E-state index in [0.29, 0.717) is 12.1 Å². The SMILES string of the molecule is CNC(C)C1CCCCN1C(C)C(=O)NC(C)(C)C. The maximum atomic E-state index is 12.3. The molecule has 112 valence electrons. The Kier molecular flexibility index (Phi) is 5.81. The number of carbonyl (C=O) groups excluding carboxylic acids is 1. The third-order valence-corrected chi connectivity index (χ3v) is 4.00. The minimum atomic E-state index is -0.161. The van der Waals surface area contributed by atoms with E-state index >= 15 is 0 Å². The molecule has 0 spiro atoms. The molecule has 1 saturated heterocycles. The Hall–Kier alpha value is -0.610. The van der Waals surface area contributed by atoms with Gasteiger partial charge in [-0.1, -0.05) is 6.42 Å². The molecule has 0 aromatic heterocycles. The molecule has 1 aliphatic rings. The minimum absolute atomic E-state index is 0.0553. The van der Waals surface area contributed by atoms with E-state index in [1.807, 2.05) is 34.7 Å². The summed E-state index contributed by atoms with van der Waals surface area (Å²) < 4.78 is 0. The molecule has 0 aromatic carbocycles. The predicted molar refractivity (Wildman–Crippen MR) is 80.2 cm³/mol. The molecule has 1 amide bonds. The van der Waals surface area contributed by atoms with Crippen LogP contribution in [0.15, 0.2) is 0 Å². The fourth-order valence-corrected chi connectivity index (χ4v) is 2.81. The first kappa shape index (κ1) is 16.4. The van der Waals surface area contributed by atoms with E-state index in [9.17, 15) is 4.79 Å². The molecule has 1 fully saturated rings. The van der Waals surface area contributed by atoms with Crippen LogP contribution in [-0.2, 0) is 4.79 Å². The average Bonchev–Trinajstić information content (AvgIpc) is 2.35. The highest BCUT2D eigenvalue weighted by Gasteiger charge is 2.33. The monoisotopic (exact) mass is 269 g/mol. The van der Waals surface area contributed by atoms with Crippen LogP contribution in [0.25, 0.3) is 0 Å². The third-order valence-electron chi connectivity index (χ3n) is 4.00. The Balaban J connectivity index is 2.71. The lowest BCUT2D eigenvalue weighted by atomic mass is 9.94. The highest BCUT2D eigenvalue weighted by molar-refractivity contribution is 5.82. The second-order valence-corrected chi connectivity index (χ2v) is 6.79. The topological polar surface area (TPSA) is 44.4 Å². The standard InChI is InChI=1S/C15H31N3O/c1-11(16-6)13-9-7-8-10-18(13)12(2)14(19)17-15(3,4)5/h11-13,16H,7-10H2,1-6H3,(H,17,19). The summed E-state index contributed by atoms with van der Waals surface area (Å²) in [6, 6.07) is 0.824. The Morgan fingerprint density at radius 2 is 1.89 bits per heavy atom. The first-order chi connectivity index (χ1) is 8.76. The molecule has 19 heavy (non-hydrogen) atoms. The molecule has 0 aliphatic carbocycles. The predicted octanol–water partition coefficient (Wildman–Crippen LogP) is 1.75. The van der Waals surface area contributed by atoms with Crippen LogP contribution in [0.2, 0.25) is 0 Å². The molecule has 4 nitrogen and oxygen atoms in total. The molecule has 1 heterocycles. The number of nitrogens with zero attached hydrogens (tertiary/aromatic N) is 1. The number of likely N-dealkylation sites (N-methyl/N-ethyl adjacent to an activating group) is 1. The van der Waals surface area contributed by atoms with E-state index in [-0.39, 0.29) is 17.5 Å². The van der Waals surface area contributed by atoms with Crippen LogP contribution in [0.1, 0.15) is 53.9 Å². The number of hydrogen-bond donors (Lipinski definition) is 2. The molecule has 2 N–H and O–H groups in total. The number of hydrogen-bond acceptors (Lipinski definition) is 3. The Morgan fingerprint density at radius 1 is 1.26 bits per heavy atom. The number of amides is 1. The van der Waals surface area contributed by atoms with E-state index in [4.69, 9.17) is 0 Å². The molecule has 0 saturated carbocycles. The van der Waals surface area contributed by atoms with Crippen molar-refractivity contribution in [1.82, 2.24) is 15.5 Å². The van der Waals surface area contributed by atoms with Gasteiger partial charge < -0.3 is 10.6 Å². The van der Waals surface area contributed by atoms with Crippen molar-refractivity contribution in [1.29, 1.82) is 0 Å². The van der Waals surface area contributed by atoms with Gasteiger partial charge in [0.25, 0.3) is 0 Å². The van der Waals surface area contributed by atoms with Crippen molar-refractivity contribution in [3.8, 4) is 0 Å². The largest absolute Gasteiger partial charge is 0.350 e. The molecule has 0 bridgehead atoms. The highest BCUT2D eigenvalue weighted by Crippen LogP contribution is 2.22. The lowest BCUT2D eigenvalue weighted by molar-refractivity contribution is -0.129. The fraction of sp³-hybridized carbons (Fsp3) is 0.933. The van der Waals surface area contributed by atoms with Crippen LogP contribution in [0.3, 0.4) is 0 Å². The second kappa shape index (κ2) is 6.71. The van der Waals surface area contributed by atoms with Gasteiger partial charge in [0, 0.05) is 17.6 Å². The smallest absolute Gasteiger partial charge is 0.237 e. The first-order valence-electron chi connectivity index (χ1n) is 7.51. The second-order valence-electron chi connectivity index (χ2n) is 6.79. The molecule has 3 unspecified atom stereocenters. The Labute approximate surface area is 118 Å². The van der Waals surface area contributed by atoms with Gasteiger partial charge in [-0.2, -0.15) is 0 Å². The number of nitrogens with one attached hydrogen (secondary N) is 2. The summed E-state index contributed by atoms with van der Waals surface area (Å²) in [5.41, 5.74) is -0.161. The van der Waals surface area contributed by atoms with Crippen LogP contribution in [-0.4, -0.2) is 48.1 Å². The molecular weight excluding hydrogens is 238 g/mol. The number of carbonyl (C=O) groups is 1. The van der Waals surface area contributed by atoms with E-state index in [1.54, 1.807) is 0 Å². The van der Waals surface area contributed by atoms with E-state index in [0.717, 1.165) is 6.54 Å². The quantitative estimate of drug-likeness (QED) is 0.817. The molecule has 1 rings (SSSR count). The van der Waals surface area contributed by atoms with Gasteiger partial charge in [-0.05, 0) is 61.1 Å². The molecular formula is C15H31N3O. The highest BCUT2D eigenvalue weighted by atomic mass is 16.2. The maximum absolute atomic E-state index is 12.3. The summed E-state index contributed by atoms with van der Waals surface area (Å²) in [5, 5.41) is 6.43. The number of piperidine rings is 1. The molecule has 4 heteroatoms. The van der Waals surface area contributed by atoms with E-state index in [1.165, 1.54) is 19.3 Å². The zero-order valence-corrected chi connectivity index (χ0v) is 13.4. The Bertz CT molecular complexity index is 298. The molecule has 1 aliphatic heterocycles. The summed E-state index contributed by atoms with van der Waals surface area (Å²) >= 11 is 0. The van der Waals surface area contributed by atoms with Gasteiger partial charge in [0.1, 0.15) is 0 Å². The summed E-state index contributed by atoms with van der Waals surface area (Å²) in [7, 11) is 2.00. The lowest BCUT2D eigenvalue weighted by Gasteiger charge is -2.42. The van der Waals surface area contributed by atoms with Crippen LogP contribution >= 0.6 is 0 Å². The van der Waals surface area contributed by atoms with Crippen LogP contribution < -0.4 is 10.6 Å². The van der Waals surface area contributed by atoms with Crippen molar-refractivity contribution in [3.63, 3.8) is 0 Å². The summed E-state index contributed by atoms with van der Waals surface area (Å²) in [6.07, 6.45) is 3.63. The van der Waals surface area contributed by atoms with Crippen LogP contribution in [0.4, 0.5) is 0 Å². The van der Waals surface area contributed by atoms with Gasteiger partial charge in [-0.25, -0.2) is 0 Å². The normalized spacial score (nSPS) is 24.8. The minimum Gasteiger partial charge on any atom is -0.350 e. The summed E-state index contributed by atoms with van der Waals surface area (Å²) in [6.45, 7) is 11.3. The maximum Gasteiger partial charge on any atom is 0.237 e. The number of rotatable bonds is 4. The van der Waals surface area contributed by atoms with Crippen LogP contribution in [0.5, 0.6) is 0 Å². The van der Waals surface area contributed by atoms with Crippen molar-refractivity contribution >= 4 is 5.91 Å². The fourth-order valence-electron chi connectivity index (χ4n) is 2.81. The van der Waals surface area contributed by atoms with Gasteiger partial charge in [0.15, 0.2) is 0 Å². The average molecular weight is 269 g/mol. The van der Waals surface area contributed by atoms with E-state index < -0.39 is 0 Å². The third kappa shape index (κ3) is 4.77. The Morgan fingerprint density at radius 3 is 2.42 bits per heavy atom.